The lowest BCUT2D eigenvalue weighted by Gasteiger charge is -2.13. The van der Waals surface area contributed by atoms with E-state index in [0.29, 0.717) is 33.6 Å². The molecule has 0 unspecified atom stereocenters. The maximum Gasteiger partial charge on any atom is 0.293 e. The Hall–Kier alpha value is -2.44. The third-order valence-electron chi connectivity index (χ3n) is 4.17. The first-order valence-electron chi connectivity index (χ1n) is 8.74. The zero-order chi connectivity index (χ0) is 20.3. The van der Waals surface area contributed by atoms with Gasteiger partial charge in [-0.15, -0.1) is 0 Å². The van der Waals surface area contributed by atoms with Gasteiger partial charge >= 0.3 is 0 Å². The number of carbonyl (C=O) groups excluding carboxylic acids is 2. The second-order valence-corrected chi connectivity index (χ2v) is 7.62. The van der Waals surface area contributed by atoms with Crippen molar-refractivity contribution in [1.82, 2.24) is 4.90 Å². The maximum atomic E-state index is 12.7. The molecule has 2 aromatic carbocycles. The van der Waals surface area contributed by atoms with Gasteiger partial charge in [-0.1, -0.05) is 41.4 Å². The summed E-state index contributed by atoms with van der Waals surface area (Å²) in [5.74, 6) is 0.608. The molecule has 5 nitrogen and oxygen atoms in total. The fourth-order valence-corrected chi connectivity index (χ4v) is 3.93. The molecule has 0 aromatic heterocycles. The number of halogens is 1. The Morgan fingerprint density at radius 1 is 1.18 bits per heavy atom. The highest BCUT2D eigenvalue weighted by Gasteiger charge is 2.35. The number of aryl methyl sites for hydroxylation is 1. The Morgan fingerprint density at radius 3 is 2.54 bits per heavy atom. The van der Waals surface area contributed by atoms with E-state index in [4.69, 9.17) is 21.1 Å². The molecule has 1 saturated heterocycles. The summed E-state index contributed by atoms with van der Waals surface area (Å²) >= 11 is 7.18. The summed E-state index contributed by atoms with van der Waals surface area (Å²) in [5, 5.41) is 0.0834. The maximum absolute atomic E-state index is 12.7. The van der Waals surface area contributed by atoms with Crippen LogP contribution in [-0.2, 0) is 11.3 Å². The minimum atomic E-state index is -0.319. The molecule has 0 radical (unpaired) electrons. The molecule has 1 aliphatic heterocycles. The highest BCUT2D eigenvalue weighted by molar-refractivity contribution is 8.18. The minimum absolute atomic E-state index is 0.246. The van der Waals surface area contributed by atoms with E-state index in [1.807, 2.05) is 38.1 Å². The van der Waals surface area contributed by atoms with E-state index in [-0.39, 0.29) is 17.7 Å². The van der Waals surface area contributed by atoms with Crippen molar-refractivity contribution in [2.45, 2.75) is 20.4 Å². The molecular weight excluding hydrogens is 398 g/mol. The lowest BCUT2D eigenvalue weighted by Crippen LogP contribution is -2.27. The molecule has 146 valence electrons. The van der Waals surface area contributed by atoms with E-state index in [1.54, 1.807) is 18.2 Å². The normalized spacial score (nSPS) is 15.4. The van der Waals surface area contributed by atoms with Gasteiger partial charge in [-0.2, -0.15) is 0 Å². The minimum Gasteiger partial charge on any atom is -0.491 e. The van der Waals surface area contributed by atoms with Gasteiger partial charge in [0.1, 0.15) is 0 Å². The number of thioether (sulfide) groups is 1. The number of nitrogens with zero attached hydrogens (tertiary/aromatic N) is 1. The van der Waals surface area contributed by atoms with Crippen LogP contribution in [0.4, 0.5) is 4.79 Å². The van der Waals surface area contributed by atoms with Crippen molar-refractivity contribution in [2.24, 2.45) is 0 Å². The molecule has 3 rings (SSSR count). The Morgan fingerprint density at radius 2 is 1.89 bits per heavy atom. The van der Waals surface area contributed by atoms with Crippen LogP contribution in [0.25, 0.3) is 6.08 Å². The van der Waals surface area contributed by atoms with Crippen molar-refractivity contribution in [3.63, 3.8) is 0 Å². The van der Waals surface area contributed by atoms with Crippen molar-refractivity contribution < 1.29 is 19.1 Å². The molecule has 28 heavy (non-hydrogen) atoms. The van der Waals surface area contributed by atoms with E-state index in [9.17, 15) is 9.59 Å². The second-order valence-electron chi connectivity index (χ2n) is 6.22. The summed E-state index contributed by atoms with van der Waals surface area (Å²) in [6.07, 6.45) is 1.65. The van der Waals surface area contributed by atoms with Crippen molar-refractivity contribution in [3.05, 3.63) is 63.0 Å². The third-order valence-corrected chi connectivity index (χ3v) is 5.36. The van der Waals surface area contributed by atoms with Crippen LogP contribution in [0.15, 0.2) is 41.3 Å². The molecule has 2 aromatic rings. The van der Waals surface area contributed by atoms with Gasteiger partial charge in [0.05, 0.1) is 30.2 Å². The first-order valence-corrected chi connectivity index (χ1v) is 9.93. The first kappa shape index (κ1) is 20.3. The molecule has 7 heteroatoms. The standard InChI is InChI=1S/C21H20ClNO4S/c1-4-27-17-10-15(9-16(22)19(17)26-3)11-18-20(24)23(21(25)28-18)12-14-7-5-13(2)6-8-14/h5-11H,4,12H2,1-3H3/b18-11-. The van der Waals surface area contributed by atoms with E-state index in [0.717, 1.165) is 22.9 Å². The van der Waals surface area contributed by atoms with Gasteiger partial charge in [-0.25, -0.2) is 0 Å². The number of carbonyl (C=O) groups is 2. The molecule has 1 heterocycles. The van der Waals surface area contributed by atoms with Crippen LogP contribution in [0.5, 0.6) is 11.5 Å². The van der Waals surface area contributed by atoms with Gasteiger partial charge < -0.3 is 9.47 Å². The Labute approximate surface area is 173 Å². The van der Waals surface area contributed by atoms with Crippen molar-refractivity contribution in [3.8, 4) is 11.5 Å². The summed E-state index contributed by atoms with van der Waals surface area (Å²) in [5.41, 5.74) is 2.69. The summed E-state index contributed by atoms with van der Waals surface area (Å²) in [4.78, 5) is 26.7. The van der Waals surface area contributed by atoms with Crippen LogP contribution in [0, 0.1) is 6.92 Å². The van der Waals surface area contributed by atoms with Gasteiger partial charge in [-0.05, 0) is 54.9 Å². The quantitative estimate of drug-likeness (QED) is 0.597. The zero-order valence-electron chi connectivity index (χ0n) is 15.8. The lowest BCUT2D eigenvalue weighted by molar-refractivity contribution is -0.123. The Bertz CT molecular complexity index is 940. The SMILES string of the molecule is CCOc1cc(/C=C2\SC(=O)N(Cc3ccc(C)cc3)C2=O)cc(Cl)c1OC. The lowest BCUT2D eigenvalue weighted by atomic mass is 10.1. The summed E-state index contributed by atoms with van der Waals surface area (Å²) < 4.78 is 10.8. The van der Waals surface area contributed by atoms with E-state index in [2.05, 4.69) is 0 Å². The summed E-state index contributed by atoms with van der Waals surface area (Å²) in [7, 11) is 1.51. The number of methoxy groups -OCH3 is 1. The van der Waals surface area contributed by atoms with Gasteiger partial charge in [0.15, 0.2) is 11.5 Å². The predicted octanol–water partition coefficient (Wildman–Crippen LogP) is 5.29. The first-order chi connectivity index (χ1) is 13.4. The van der Waals surface area contributed by atoms with Gasteiger partial charge in [0, 0.05) is 0 Å². The number of amides is 2. The number of hydrogen-bond donors (Lipinski definition) is 0. The largest absolute Gasteiger partial charge is 0.491 e. The van der Waals surface area contributed by atoms with Crippen LogP contribution >= 0.6 is 23.4 Å². The van der Waals surface area contributed by atoms with Crippen LogP contribution in [-0.4, -0.2) is 29.8 Å². The number of ether oxygens (including phenoxy) is 2. The van der Waals surface area contributed by atoms with Crippen molar-refractivity contribution in [1.29, 1.82) is 0 Å². The molecule has 1 fully saturated rings. The van der Waals surface area contributed by atoms with Crippen LogP contribution in [0.1, 0.15) is 23.6 Å². The van der Waals surface area contributed by atoms with Gasteiger partial charge in [-0.3, -0.25) is 14.5 Å². The fourth-order valence-electron chi connectivity index (χ4n) is 2.80. The highest BCUT2D eigenvalue weighted by atomic mass is 35.5. The topological polar surface area (TPSA) is 55.8 Å². The fraction of sp³-hybridized carbons (Fsp3) is 0.238. The molecule has 0 bridgehead atoms. The van der Waals surface area contributed by atoms with Crippen LogP contribution in [0.3, 0.4) is 0 Å². The van der Waals surface area contributed by atoms with Gasteiger partial charge in [0.2, 0.25) is 0 Å². The molecule has 0 spiro atoms. The van der Waals surface area contributed by atoms with Gasteiger partial charge in [0.25, 0.3) is 11.1 Å². The smallest absolute Gasteiger partial charge is 0.293 e. The molecule has 0 saturated carbocycles. The predicted molar refractivity (Wildman–Crippen MR) is 112 cm³/mol. The summed E-state index contributed by atoms with van der Waals surface area (Å²) in [6, 6.07) is 11.2. The zero-order valence-corrected chi connectivity index (χ0v) is 17.4. The van der Waals surface area contributed by atoms with E-state index >= 15 is 0 Å². The second kappa shape index (κ2) is 8.71. The van der Waals surface area contributed by atoms with E-state index in [1.165, 1.54) is 12.0 Å². The average Bonchev–Trinajstić information content (AvgIpc) is 2.91. The monoisotopic (exact) mass is 417 g/mol. The molecule has 1 aliphatic rings. The van der Waals surface area contributed by atoms with Crippen molar-refractivity contribution in [2.75, 3.05) is 13.7 Å². The molecule has 0 N–H and O–H groups in total. The Balaban J connectivity index is 1.86. The molecule has 0 aliphatic carbocycles. The molecular formula is C21H20ClNO4S. The van der Waals surface area contributed by atoms with Crippen LogP contribution < -0.4 is 9.47 Å². The molecule has 2 amide bonds. The van der Waals surface area contributed by atoms with Crippen molar-refractivity contribution >= 4 is 40.6 Å². The average molecular weight is 418 g/mol. The highest BCUT2D eigenvalue weighted by Crippen LogP contribution is 2.39. The number of rotatable bonds is 6. The number of imide groups is 1. The van der Waals surface area contributed by atoms with Crippen LogP contribution in [0.2, 0.25) is 5.02 Å². The number of hydrogen-bond acceptors (Lipinski definition) is 5. The third kappa shape index (κ3) is 4.34. The summed E-state index contributed by atoms with van der Waals surface area (Å²) in [6.45, 7) is 4.54. The van der Waals surface area contributed by atoms with E-state index < -0.39 is 0 Å². The Kier molecular flexibility index (Phi) is 6.31. The number of benzene rings is 2. The molecule has 0 atom stereocenters.